The molecule has 3 N–H and O–H groups in total. The molecule has 2 aromatic rings. The molecular weight excluding hydrogens is 600 g/mol. The van der Waals surface area contributed by atoms with Crippen molar-refractivity contribution in [2.45, 2.75) is 38.0 Å². The maximum absolute atomic E-state index is 12.9. The van der Waals surface area contributed by atoms with Gasteiger partial charge in [0, 0.05) is 31.6 Å². The molecule has 13 nitrogen and oxygen atoms in total. The van der Waals surface area contributed by atoms with Crippen molar-refractivity contribution in [3.05, 3.63) is 58.2 Å². The highest BCUT2D eigenvalue weighted by Crippen LogP contribution is 2.42. The summed E-state index contributed by atoms with van der Waals surface area (Å²) in [6.45, 7) is 3.47. The SMILES string of the molecule is COc1cc2c(cc1OC)CC(=O)N(CCCN(C)C[C@H]1Cc3cc(OC)c(OC)cc31)CC2.O=C(O)/C=C(\CC(=O)O)C(=O)O. The van der Waals surface area contributed by atoms with E-state index in [4.69, 9.17) is 34.3 Å². The van der Waals surface area contributed by atoms with E-state index in [1.54, 1.807) is 28.4 Å². The van der Waals surface area contributed by atoms with Gasteiger partial charge in [-0.2, -0.15) is 0 Å². The van der Waals surface area contributed by atoms with Gasteiger partial charge in [-0.15, -0.1) is 0 Å². The molecule has 0 aromatic heterocycles. The summed E-state index contributed by atoms with van der Waals surface area (Å²) in [5, 5.41) is 24.5. The highest BCUT2D eigenvalue weighted by molar-refractivity contribution is 5.98. The fourth-order valence-electron chi connectivity index (χ4n) is 5.65. The van der Waals surface area contributed by atoms with Crippen LogP contribution in [0.1, 0.15) is 41.0 Å². The van der Waals surface area contributed by atoms with E-state index in [0.29, 0.717) is 24.2 Å². The molecule has 1 aliphatic heterocycles. The lowest BCUT2D eigenvalue weighted by Crippen LogP contribution is -2.36. The third kappa shape index (κ3) is 9.36. The molecule has 2 aromatic carbocycles. The molecule has 0 saturated heterocycles. The molecule has 0 unspecified atom stereocenters. The second-order valence-corrected chi connectivity index (χ2v) is 11.1. The smallest absolute Gasteiger partial charge is 0.332 e. The summed E-state index contributed by atoms with van der Waals surface area (Å²) >= 11 is 0. The molecule has 4 rings (SSSR count). The van der Waals surface area contributed by atoms with Crippen molar-refractivity contribution in [3.8, 4) is 23.0 Å². The summed E-state index contributed by atoms with van der Waals surface area (Å²) in [5.41, 5.74) is 4.25. The van der Waals surface area contributed by atoms with E-state index >= 15 is 0 Å². The van der Waals surface area contributed by atoms with Gasteiger partial charge in [0.25, 0.3) is 0 Å². The molecule has 2 aliphatic rings. The van der Waals surface area contributed by atoms with Crippen molar-refractivity contribution in [1.29, 1.82) is 0 Å². The predicted octanol–water partition coefficient (Wildman–Crippen LogP) is 2.87. The normalized spacial score (nSPS) is 15.3. The maximum Gasteiger partial charge on any atom is 0.332 e. The molecule has 0 saturated carbocycles. The van der Waals surface area contributed by atoms with Gasteiger partial charge in [0.05, 0.1) is 46.9 Å². The molecule has 13 heteroatoms. The van der Waals surface area contributed by atoms with Crippen LogP contribution in [0.15, 0.2) is 35.9 Å². The van der Waals surface area contributed by atoms with Crippen LogP contribution in [0.2, 0.25) is 0 Å². The summed E-state index contributed by atoms with van der Waals surface area (Å²) in [4.78, 5) is 47.4. The number of carbonyl (C=O) groups excluding carboxylic acids is 1. The average molecular weight is 643 g/mol. The Labute approximate surface area is 267 Å². The predicted molar refractivity (Wildman–Crippen MR) is 167 cm³/mol. The van der Waals surface area contributed by atoms with E-state index in [-0.39, 0.29) is 5.91 Å². The lowest BCUT2D eigenvalue weighted by Gasteiger charge is -2.34. The van der Waals surface area contributed by atoms with Gasteiger partial charge in [-0.25, -0.2) is 9.59 Å². The number of amides is 1. The van der Waals surface area contributed by atoms with Crippen LogP contribution in [0, 0.1) is 0 Å². The molecule has 1 amide bonds. The molecule has 1 atom stereocenters. The van der Waals surface area contributed by atoms with Gasteiger partial charge in [0.2, 0.25) is 5.91 Å². The Hall–Kier alpha value is -4.78. The van der Waals surface area contributed by atoms with Crippen LogP contribution in [-0.4, -0.2) is 111 Å². The third-order valence-electron chi connectivity index (χ3n) is 8.02. The number of carbonyl (C=O) groups is 4. The van der Waals surface area contributed by atoms with Gasteiger partial charge >= 0.3 is 17.9 Å². The van der Waals surface area contributed by atoms with Crippen LogP contribution in [0.4, 0.5) is 0 Å². The number of hydrogen-bond donors (Lipinski definition) is 3. The standard InChI is InChI=1S/C27H36N2O5.C6H6O6/c1-28(17-21-11-20-14-25(33-4)26(34-5)16-22(20)21)8-6-9-29-10-7-18-12-23(31-2)24(32-3)13-19(18)15-27(29)30;7-4(8)1-3(6(11)12)2-5(9)10/h12-14,16,21H,6-11,15,17H2,1-5H3;1H,2H2,(H,7,8)(H,9,10)(H,11,12)/b;3-1+/t21-;/m1./s1. The molecular formula is C33H42N2O11. The minimum Gasteiger partial charge on any atom is -0.493 e. The van der Waals surface area contributed by atoms with Gasteiger partial charge in [-0.1, -0.05) is 0 Å². The molecule has 250 valence electrons. The van der Waals surface area contributed by atoms with Gasteiger partial charge in [-0.05, 0) is 79.4 Å². The number of likely N-dealkylation sites (N-methyl/N-ethyl adjacent to an activating group) is 1. The minimum absolute atomic E-state index is 0.183. The highest BCUT2D eigenvalue weighted by atomic mass is 16.5. The fraction of sp³-hybridized carbons (Fsp3) is 0.455. The Kier molecular flexibility index (Phi) is 12.8. The monoisotopic (exact) mass is 642 g/mol. The Balaban J connectivity index is 0.000000409. The van der Waals surface area contributed by atoms with Crippen molar-refractivity contribution in [1.82, 2.24) is 9.80 Å². The second kappa shape index (κ2) is 16.5. The van der Waals surface area contributed by atoms with Gasteiger partial charge in [0.15, 0.2) is 23.0 Å². The van der Waals surface area contributed by atoms with Gasteiger partial charge < -0.3 is 44.1 Å². The maximum atomic E-state index is 12.9. The van der Waals surface area contributed by atoms with Crippen molar-refractivity contribution in [3.63, 3.8) is 0 Å². The van der Waals surface area contributed by atoms with Crippen LogP contribution < -0.4 is 18.9 Å². The zero-order valence-corrected chi connectivity index (χ0v) is 26.8. The average Bonchev–Trinajstić information content (AvgIpc) is 3.15. The van der Waals surface area contributed by atoms with Gasteiger partial charge in [0.1, 0.15) is 0 Å². The Morgan fingerprint density at radius 2 is 1.46 bits per heavy atom. The molecule has 46 heavy (non-hydrogen) atoms. The van der Waals surface area contributed by atoms with Crippen molar-refractivity contribution < 1.29 is 53.4 Å². The number of methoxy groups -OCH3 is 4. The van der Waals surface area contributed by atoms with Crippen molar-refractivity contribution in [2.75, 3.05) is 61.7 Å². The van der Waals surface area contributed by atoms with E-state index in [2.05, 4.69) is 24.1 Å². The summed E-state index contributed by atoms with van der Waals surface area (Å²) in [5.74, 6) is -0.714. The number of benzene rings is 2. The molecule has 0 bridgehead atoms. The number of rotatable bonds is 14. The van der Waals surface area contributed by atoms with Crippen LogP contribution in [-0.2, 0) is 38.4 Å². The zero-order chi connectivity index (χ0) is 34.0. The molecule has 0 radical (unpaired) electrons. The quantitative estimate of drug-likeness (QED) is 0.258. The first-order valence-corrected chi connectivity index (χ1v) is 14.7. The Morgan fingerprint density at radius 3 is 2.00 bits per heavy atom. The summed E-state index contributed by atoms with van der Waals surface area (Å²) in [6.07, 6.45) is 2.82. The van der Waals surface area contributed by atoms with Crippen LogP contribution in [0.25, 0.3) is 0 Å². The van der Waals surface area contributed by atoms with E-state index < -0.39 is 29.9 Å². The third-order valence-corrected chi connectivity index (χ3v) is 8.02. The Bertz CT molecular complexity index is 1470. The van der Waals surface area contributed by atoms with E-state index in [1.807, 2.05) is 17.0 Å². The number of carboxylic acid groups (broad SMARTS) is 3. The number of hydrogen-bond acceptors (Lipinski definition) is 9. The van der Waals surface area contributed by atoms with Gasteiger partial charge in [-0.3, -0.25) is 9.59 Å². The first-order valence-electron chi connectivity index (χ1n) is 14.7. The van der Waals surface area contributed by atoms with E-state index in [9.17, 15) is 19.2 Å². The lowest BCUT2D eigenvalue weighted by molar-refractivity contribution is -0.140. The zero-order valence-electron chi connectivity index (χ0n) is 26.8. The molecule has 0 fully saturated rings. The topological polar surface area (TPSA) is 172 Å². The summed E-state index contributed by atoms with van der Waals surface area (Å²) in [6, 6.07) is 8.18. The molecule has 1 heterocycles. The van der Waals surface area contributed by atoms with E-state index in [0.717, 1.165) is 68.3 Å². The second-order valence-electron chi connectivity index (χ2n) is 11.1. The van der Waals surface area contributed by atoms with E-state index in [1.165, 1.54) is 16.7 Å². The number of carboxylic acids is 3. The van der Waals surface area contributed by atoms with Crippen molar-refractivity contribution in [2.24, 2.45) is 0 Å². The van der Waals surface area contributed by atoms with Crippen LogP contribution >= 0.6 is 0 Å². The number of ether oxygens (including phenoxy) is 4. The van der Waals surface area contributed by atoms with Crippen molar-refractivity contribution >= 4 is 23.8 Å². The number of aliphatic carboxylic acids is 3. The van der Waals surface area contributed by atoms with Crippen LogP contribution in [0.3, 0.4) is 0 Å². The fourth-order valence-corrected chi connectivity index (χ4v) is 5.65. The number of fused-ring (bicyclic) bond motifs is 2. The molecule has 0 spiro atoms. The lowest BCUT2D eigenvalue weighted by atomic mass is 9.77. The van der Waals surface area contributed by atoms with Crippen LogP contribution in [0.5, 0.6) is 23.0 Å². The Morgan fingerprint density at radius 1 is 0.891 bits per heavy atom. The summed E-state index contributed by atoms with van der Waals surface area (Å²) < 4.78 is 21.7. The highest BCUT2D eigenvalue weighted by Gasteiger charge is 2.29. The minimum atomic E-state index is -1.54. The number of nitrogens with zero attached hydrogens (tertiary/aromatic N) is 2. The first-order chi connectivity index (χ1) is 21.9. The first kappa shape index (κ1) is 35.7. The molecule has 1 aliphatic carbocycles. The largest absolute Gasteiger partial charge is 0.493 e. The summed E-state index contributed by atoms with van der Waals surface area (Å²) in [7, 11) is 8.79.